The fraction of sp³-hybridized carbons (Fsp3) is 0.381. The first-order valence-electron chi connectivity index (χ1n) is 8.86. The normalized spacial score (nSPS) is 14.2. The Morgan fingerprint density at radius 3 is 2.42 bits per heavy atom. The van der Waals surface area contributed by atoms with E-state index in [-0.39, 0.29) is 17.9 Å². The van der Waals surface area contributed by atoms with Crippen molar-refractivity contribution in [2.45, 2.75) is 26.5 Å². The molecule has 1 atom stereocenters. The molecule has 0 saturated carbocycles. The van der Waals surface area contributed by atoms with Gasteiger partial charge in [0.1, 0.15) is 13.2 Å². The Kier molecular flexibility index (Phi) is 5.78. The van der Waals surface area contributed by atoms with Crippen LogP contribution in [0.15, 0.2) is 42.5 Å². The highest BCUT2D eigenvalue weighted by atomic mass is 16.6. The van der Waals surface area contributed by atoms with Gasteiger partial charge >= 0.3 is 0 Å². The van der Waals surface area contributed by atoms with E-state index < -0.39 is 0 Å². The molecular weight excluding hydrogens is 330 g/mol. The van der Waals surface area contributed by atoms with Crippen molar-refractivity contribution < 1.29 is 19.0 Å². The highest BCUT2D eigenvalue weighted by molar-refractivity contribution is 5.94. The molecule has 1 amide bonds. The van der Waals surface area contributed by atoms with Crippen LogP contribution in [0.2, 0.25) is 0 Å². The van der Waals surface area contributed by atoms with Gasteiger partial charge in [0, 0.05) is 12.7 Å². The number of hydrogen-bond acceptors (Lipinski definition) is 4. The van der Waals surface area contributed by atoms with Crippen molar-refractivity contribution in [3.8, 4) is 11.5 Å². The minimum Gasteiger partial charge on any atom is -0.486 e. The topological polar surface area (TPSA) is 56.8 Å². The van der Waals surface area contributed by atoms with Crippen molar-refractivity contribution in [3.63, 3.8) is 0 Å². The van der Waals surface area contributed by atoms with Crippen molar-refractivity contribution in [1.82, 2.24) is 5.32 Å². The van der Waals surface area contributed by atoms with Gasteiger partial charge in [-0.15, -0.1) is 0 Å². The number of amides is 1. The van der Waals surface area contributed by atoms with Gasteiger partial charge in [0.05, 0.1) is 12.6 Å². The standard InChI is InChI=1S/C21H25NO4/c1-14(2)20(17-8-9-18-19(12-17)26-11-10-25-18)22-21(23)16-6-4-15(5-7-16)13-24-3/h4-9,12,14,20H,10-11,13H2,1-3H3,(H,22,23)/t20-/m1/s1. The average Bonchev–Trinajstić information content (AvgIpc) is 2.66. The zero-order valence-corrected chi connectivity index (χ0v) is 15.5. The zero-order chi connectivity index (χ0) is 18.5. The van der Waals surface area contributed by atoms with Gasteiger partial charge in [-0.25, -0.2) is 0 Å². The van der Waals surface area contributed by atoms with Crippen LogP contribution in [-0.2, 0) is 11.3 Å². The van der Waals surface area contributed by atoms with Gasteiger partial charge in [-0.3, -0.25) is 4.79 Å². The zero-order valence-electron chi connectivity index (χ0n) is 15.5. The van der Waals surface area contributed by atoms with Crippen LogP contribution in [0.4, 0.5) is 0 Å². The lowest BCUT2D eigenvalue weighted by Gasteiger charge is -2.25. The number of hydrogen-bond donors (Lipinski definition) is 1. The summed E-state index contributed by atoms with van der Waals surface area (Å²) in [7, 11) is 1.65. The molecule has 2 aromatic carbocycles. The molecule has 1 aliphatic rings. The van der Waals surface area contributed by atoms with E-state index in [1.807, 2.05) is 42.5 Å². The van der Waals surface area contributed by atoms with Crippen LogP contribution in [-0.4, -0.2) is 26.2 Å². The molecule has 2 aromatic rings. The molecule has 0 saturated heterocycles. The summed E-state index contributed by atoms with van der Waals surface area (Å²) in [5, 5.41) is 3.14. The number of fused-ring (bicyclic) bond motifs is 1. The molecule has 5 heteroatoms. The predicted octanol–water partition coefficient (Wildman–Crippen LogP) is 3.73. The smallest absolute Gasteiger partial charge is 0.251 e. The molecule has 26 heavy (non-hydrogen) atoms. The van der Waals surface area contributed by atoms with E-state index in [2.05, 4.69) is 19.2 Å². The molecule has 3 rings (SSSR count). The lowest BCUT2D eigenvalue weighted by Crippen LogP contribution is -2.32. The Bertz CT molecular complexity index is 755. The van der Waals surface area contributed by atoms with E-state index in [1.165, 1.54) is 0 Å². The maximum Gasteiger partial charge on any atom is 0.251 e. The van der Waals surface area contributed by atoms with Gasteiger partial charge < -0.3 is 19.5 Å². The van der Waals surface area contributed by atoms with Crippen LogP contribution in [0.3, 0.4) is 0 Å². The van der Waals surface area contributed by atoms with E-state index in [1.54, 1.807) is 7.11 Å². The molecule has 1 N–H and O–H groups in total. The number of benzene rings is 2. The summed E-state index contributed by atoms with van der Waals surface area (Å²) in [4.78, 5) is 12.7. The minimum atomic E-state index is -0.114. The highest BCUT2D eigenvalue weighted by Gasteiger charge is 2.22. The molecular formula is C21H25NO4. The largest absolute Gasteiger partial charge is 0.486 e. The third-order valence-electron chi connectivity index (χ3n) is 4.41. The Morgan fingerprint density at radius 1 is 1.08 bits per heavy atom. The minimum absolute atomic E-state index is 0.0949. The molecule has 0 aromatic heterocycles. The van der Waals surface area contributed by atoms with Crippen LogP contribution < -0.4 is 14.8 Å². The van der Waals surface area contributed by atoms with Gasteiger partial charge in [0.15, 0.2) is 11.5 Å². The third kappa shape index (κ3) is 4.17. The van der Waals surface area contributed by atoms with Crippen LogP contribution in [0.5, 0.6) is 11.5 Å². The van der Waals surface area contributed by atoms with Crippen molar-refractivity contribution in [2.75, 3.05) is 20.3 Å². The molecule has 0 bridgehead atoms. The first-order chi connectivity index (χ1) is 12.6. The highest BCUT2D eigenvalue weighted by Crippen LogP contribution is 2.34. The Balaban J connectivity index is 1.77. The number of carbonyl (C=O) groups is 1. The van der Waals surface area contributed by atoms with Crippen molar-refractivity contribution in [1.29, 1.82) is 0 Å². The molecule has 1 heterocycles. The molecule has 5 nitrogen and oxygen atoms in total. The SMILES string of the molecule is COCc1ccc(C(=O)N[C@@H](c2ccc3c(c2)OCCO3)C(C)C)cc1. The Labute approximate surface area is 154 Å². The van der Waals surface area contributed by atoms with E-state index in [9.17, 15) is 4.79 Å². The summed E-state index contributed by atoms with van der Waals surface area (Å²) < 4.78 is 16.4. The third-order valence-corrected chi connectivity index (χ3v) is 4.41. The first-order valence-corrected chi connectivity index (χ1v) is 8.86. The summed E-state index contributed by atoms with van der Waals surface area (Å²) in [5.74, 6) is 1.62. The van der Waals surface area contributed by atoms with Gasteiger partial charge in [0.2, 0.25) is 0 Å². The van der Waals surface area contributed by atoms with E-state index in [0.717, 1.165) is 22.6 Å². The lowest BCUT2D eigenvalue weighted by atomic mass is 9.95. The van der Waals surface area contributed by atoms with E-state index >= 15 is 0 Å². The quantitative estimate of drug-likeness (QED) is 0.858. The maximum atomic E-state index is 12.7. The maximum absolute atomic E-state index is 12.7. The molecule has 138 valence electrons. The summed E-state index contributed by atoms with van der Waals surface area (Å²) in [6.07, 6.45) is 0. The van der Waals surface area contributed by atoms with Crippen LogP contribution in [0, 0.1) is 5.92 Å². The number of ether oxygens (including phenoxy) is 3. The van der Waals surface area contributed by atoms with Crippen molar-refractivity contribution in [2.24, 2.45) is 5.92 Å². The number of methoxy groups -OCH3 is 1. The second-order valence-electron chi connectivity index (χ2n) is 6.73. The molecule has 1 aliphatic heterocycles. The summed E-state index contributed by atoms with van der Waals surface area (Å²) in [5.41, 5.74) is 2.68. The van der Waals surface area contributed by atoms with E-state index in [0.29, 0.717) is 25.4 Å². The average molecular weight is 355 g/mol. The molecule has 0 fully saturated rings. The second-order valence-corrected chi connectivity index (χ2v) is 6.73. The Hall–Kier alpha value is -2.53. The first kappa shape index (κ1) is 18.3. The van der Waals surface area contributed by atoms with Gasteiger partial charge in [0.25, 0.3) is 5.91 Å². The van der Waals surface area contributed by atoms with Crippen molar-refractivity contribution in [3.05, 3.63) is 59.2 Å². The Morgan fingerprint density at radius 2 is 1.77 bits per heavy atom. The molecule has 0 aliphatic carbocycles. The van der Waals surface area contributed by atoms with Gasteiger partial charge in [-0.1, -0.05) is 32.0 Å². The molecule has 0 unspecified atom stereocenters. The van der Waals surface area contributed by atoms with Crippen LogP contribution >= 0.6 is 0 Å². The molecule has 0 radical (unpaired) electrons. The van der Waals surface area contributed by atoms with Crippen molar-refractivity contribution >= 4 is 5.91 Å². The number of nitrogens with one attached hydrogen (secondary N) is 1. The van der Waals surface area contributed by atoms with Gasteiger partial charge in [-0.05, 0) is 41.3 Å². The summed E-state index contributed by atoms with van der Waals surface area (Å²) in [6, 6.07) is 13.2. The van der Waals surface area contributed by atoms with Crippen LogP contribution in [0.1, 0.15) is 41.4 Å². The fourth-order valence-corrected chi connectivity index (χ4v) is 3.03. The second kappa shape index (κ2) is 8.23. The summed E-state index contributed by atoms with van der Waals surface area (Å²) in [6.45, 7) is 5.82. The predicted molar refractivity (Wildman–Crippen MR) is 99.6 cm³/mol. The number of carbonyl (C=O) groups excluding carboxylic acids is 1. The van der Waals surface area contributed by atoms with Crippen LogP contribution in [0.25, 0.3) is 0 Å². The van der Waals surface area contributed by atoms with Gasteiger partial charge in [-0.2, -0.15) is 0 Å². The van der Waals surface area contributed by atoms with E-state index in [4.69, 9.17) is 14.2 Å². The fourth-order valence-electron chi connectivity index (χ4n) is 3.03. The number of rotatable bonds is 6. The summed E-state index contributed by atoms with van der Waals surface area (Å²) >= 11 is 0. The molecule has 0 spiro atoms. The lowest BCUT2D eigenvalue weighted by molar-refractivity contribution is 0.0925. The monoisotopic (exact) mass is 355 g/mol.